The standard InChI is InChI=1S/C15H18Si/c1-13-8-10-15(11-9-13)16(2)12-14-6-4-3-5-7-14/h3-11,16H,12H2,1-2H3. The van der Waals surface area contributed by atoms with Gasteiger partial charge in [0, 0.05) is 0 Å². The van der Waals surface area contributed by atoms with E-state index < -0.39 is 8.80 Å². The number of aryl methyl sites for hydroxylation is 1. The van der Waals surface area contributed by atoms with Crippen LogP contribution in [-0.2, 0) is 6.04 Å². The van der Waals surface area contributed by atoms with E-state index in [1.54, 1.807) is 5.19 Å². The normalized spacial score (nSPS) is 12.4. The van der Waals surface area contributed by atoms with Gasteiger partial charge in [0.15, 0.2) is 0 Å². The molecule has 0 aliphatic heterocycles. The fourth-order valence-electron chi connectivity index (χ4n) is 1.98. The zero-order valence-electron chi connectivity index (χ0n) is 9.98. The summed E-state index contributed by atoms with van der Waals surface area (Å²) < 4.78 is 0. The summed E-state index contributed by atoms with van der Waals surface area (Å²) in [6, 6.07) is 21.1. The number of hydrogen-bond acceptors (Lipinski definition) is 0. The molecule has 0 spiro atoms. The zero-order valence-corrected chi connectivity index (χ0v) is 11.1. The quantitative estimate of drug-likeness (QED) is 0.706. The van der Waals surface area contributed by atoms with Gasteiger partial charge in [-0.1, -0.05) is 77.5 Å². The summed E-state index contributed by atoms with van der Waals surface area (Å²) in [6.45, 7) is 4.57. The Hall–Kier alpha value is -1.34. The average molecular weight is 226 g/mol. The van der Waals surface area contributed by atoms with Crippen molar-refractivity contribution in [2.24, 2.45) is 0 Å². The third-order valence-electron chi connectivity index (χ3n) is 3.03. The SMILES string of the molecule is Cc1ccc([SiH](C)Cc2ccccc2)cc1. The molecule has 0 saturated heterocycles. The van der Waals surface area contributed by atoms with Gasteiger partial charge in [-0.25, -0.2) is 0 Å². The highest BCUT2D eigenvalue weighted by Crippen LogP contribution is 2.03. The first-order valence-electron chi connectivity index (χ1n) is 5.86. The fraction of sp³-hybridized carbons (Fsp3) is 0.200. The maximum Gasteiger partial charge on any atom is 0.0720 e. The molecule has 16 heavy (non-hydrogen) atoms. The van der Waals surface area contributed by atoms with Crippen molar-refractivity contribution in [1.29, 1.82) is 0 Å². The van der Waals surface area contributed by atoms with Crippen molar-refractivity contribution >= 4 is 14.0 Å². The summed E-state index contributed by atoms with van der Waals surface area (Å²) in [7, 11) is -0.808. The number of hydrogen-bond donors (Lipinski definition) is 0. The largest absolute Gasteiger partial charge is 0.0720 e. The molecule has 0 nitrogen and oxygen atoms in total. The molecule has 0 bridgehead atoms. The van der Waals surface area contributed by atoms with Crippen molar-refractivity contribution in [2.75, 3.05) is 0 Å². The molecule has 1 heteroatoms. The molecule has 2 aromatic rings. The van der Waals surface area contributed by atoms with Crippen LogP contribution in [0.5, 0.6) is 0 Å². The lowest BCUT2D eigenvalue weighted by atomic mass is 10.2. The van der Waals surface area contributed by atoms with Crippen LogP contribution in [0.15, 0.2) is 54.6 Å². The third-order valence-corrected chi connectivity index (χ3v) is 5.64. The lowest BCUT2D eigenvalue weighted by Crippen LogP contribution is -2.29. The van der Waals surface area contributed by atoms with Gasteiger partial charge in [-0.3, -0.25) is 0 Å². The van der Waals surface area contributed by atoms with Crippen molar-refractivity contribution in [2.45, 2.75) is 19.5 Å². The maximum absolute atomic E-state index is 2.43. The molecule has 0 radical (unpaired) electrons. The van der Waals surface area contributed by atoms with Gasteiger partial charge >= 0.3 is 0 Å². The molecule has 0 aromatic heterocycles. The fourth-order valence-corrected chi connectivity index (χ4v) is 4.04. The monoisotopic (exact) mass is 226 g/mol. The average Bonchev–Trinajstić information content (AvgIpc) is 2.31. The van der Waals surface area contributed by atoms with Crippen LogP contribution >= 0.6 is 0 Å². The summed E-state index contributed by atoms with van der Waals surface area (Å²) in [5.74, 6) is 0. The Morgan fingerprint density at radius 3 is 2.12 bits per heavy atom. The van der Waals surface area contributed by atoms with E-state index in [2.05, 4.69) is 68.1 Å². The molecule has 2 aromatic carbocycles. The van der Waals surface area contributed by atoms with E-state index in [4.69, 9.17) is 0 Å². The summed E-state index contributed by atoms with van der Waals surface area (Å²) in [4.78, 5) is 0. The van der Waals surface area contributed by atoms with Gasteiger partial charge in [0.25, 0.3) is 0 Å². The molecule has 0 saturated carbocycles. The summed E-state index contributed by atoms with van der Waals surface area (Å²) in [6.07, 6.45) is 0. The van der Waals surface area contributed by atoms with Crippen LogP contribution in [0.2, 0.25) is 6.55 Å². The Kier molecular flexibility index (Phi) is 3.57. The van der Waals surface area contributed by atoms with E-state index in [0.717, 1.165) is 0 Å². The Morgan fingerprint density at radius 1 is 0.875 bits per heavy atom. The molecule has 82 valence electrons. The smallest absolute Gasteiger partial charge is 0.0678 e. The highest BCUT2D eigenvalue weighted by molar-refractivity contribution is 6.71. The van der Waals surface area contributed by atoms with Crippen molar-refractivity contribution in [1.82, 2.24) is 0 Å². The van der Waals surface area contributed by atoms with E-state index in [1.165, 1.54) is 17.2 Å². The second kappa shape index (κ2) is 5.13. The summed E-state index contributed by atoms with van der Waals surface area (Å²) in [5, 5.41) is 1.56. The minimum Gasteiger partial charge on any atom is -0.0678 e. The minimum atomic E-state index is -0.808. The summed E-state index contributed by atoms with van der Waals surface area (Å²) in [5.41, 5.74) is 2.83. The molecule has 1 unspecified atom stereocenters. The molecule has 0 fully saturated rings. The van der Waals surface area contributed by atoms with E-state index in [0.29, 0.717) is 0 Å². The first-order chi connectivity index (χ1) is 7.75. The molecular formula is C15H18Si. The first-order valence-corrected chi connectivity index (χ1v) is 8.41. The number of benzene rings is 2. The first kappa shape index (κ1) is 11.2. The van der Waals surface area contributed by atoms with Crippen molar-refractivity contribution < 1.29 is 0 Å². The van der Waals surface area contributed by atoms with Gasteiger partial charge < -0.3 is 0 Å². The minimum absolute atomic E-state index is 0.808. The second-order valence-corrected chi connectivity index (χ2v) is 7.38. The molecule has 1 atom stereocenters. The van der Waals surface area contributed by atoms with Gasteiger partial charge in [-0.2, -0.15) is 0 Å². The van der Waals surface area contributed by atoms with E-state index >= 15 is 0 Å². The zero-order chi connectivity index (χ0) is 11.4. The highest BCUT2D eigenvalue weighted by Gasteiger charge is 2.07. The molecule has 0 N–H and O–H groups in total. The Balaban J connectivity index is 2.09. The van der Waals surface area contributed by atoms with E-state index in [9.17, 15) is 0 Å². The van der Waals surface area contributed by atoms with Gasteiger partial charge in [0.05, 0.1) is 8.80 Å². The van der Waals surface area contributed by atoms with Crippen LogP contribution < -0.4 is 5.19 Å². The molecule has 0 heterocycles. The Bertz CT molecular complexity index is 431. The molecule has 0 aliphatic rings. The van der Waals surface area contributed by atoms with Crippen LogP contribution in [-0.4, -0.2) is 8.80 Å². The summed E-state index contributed by atoms with van der Waals surface area (Å²) >= 11 is 0. The van der Waals surface area contributed by atoms with Crippen LogP contribution in [0.1, 0.15) is 11.1 Å². The second-order valence-electron chi connectivity index (χ2n) is 4.50. The Labute approximate surface area is 99.6 Å². The number of rotatable bonds is 3. The molecule has 2 rings (SSSR count). The van der Waals surface area contributed by atoms with Gasteiger partial charge in [-0.15, -0.1) is 0 Å². The molecule has 0 amide bonds. The lowest BCUT2D eigenvalue weighted by molar-refractivity contribution is 1.36. The third kappa shape index (κ3) is 2.83. The van der Waals surface area contributed by atoms with Gasteiger partial charge in [0.1, 0.15) is 0 Å². The molecule has 0 aliphatic carbocycles. The van der Waals surface area contributed by atoms with Crippen LogP contribution in [0.3, 0.4) is 0 Å². The van der Waals surface area contributed by atoms with E-state index in [-0.39, 0.29) is 0 Å². The predicted octanol–water partition coefficient (Wildman–Crippen LogP) is 2.84. The van der Waals surface area contributed by atoms with Crippen molar-refractivity contribution in [3.8, 4) is 0 Å². The highest BCUT2D eigenvalue weighted by atomic mass is 28.3. The lowest BCUT2D eigenvalue weighted by Gasteiger charge is -2.10. The predicted molar refractivity (Wildman–Crippen MR) is 74.0 cm³/mol. The topological polar surface area (TPSA) is 0 Å². The van der Waals surface area contributed by atoms with Crippen LogP contribution in [0.25, 0.3) is 0 Å². The van der Waals surface area contributed by atoms with Crippen molar-refractivity contribution in [3.05, 3.63) is 65.7 Å². The molecular weight excluding hydrogens is 208 g/mol. The van der Waals surface area contributed by atoms with Gasteiger partial charge in [-0.05, 0) is 13.0 Å². The maximum atomic E-state index is 2.43. The van der Waals surface area contributed by atoms with Crippen LogP contribution in [0.4, 0.5) is 0 Å². The van der Waals surface area contributed by atoms with Crippen LogP contribution in [0, 0.1) is 6.92 Å². The van der Waals surface area contributed by atoms with Crippen molar-refractivity contribution in [3.63, 3.8) is 0 Å². The van der Waals surface area contributed by atoms with E-state index in [1.807, 2.05) is 0 Å². The Morgan fingerprint density at radius 2 is 1.50 bits per heavy atom. The van der Waals surface area contributed by atoms with Gasteiger partial charge in [0.2, 0.25) is 0 Å².